The van der Waals surface area contributed by atoms with Crippen molar-refractivity contribution in [3.05, 3.63) is 0 Å². The topological polar surface area (TPSA) is 66.8 Å². The minimum Gasteiger partial charge on any atom is -0.389 e. The molecule has 4 saturated carbocycles. The zero-order chi connectivity index (χ0) is 18.5. The van der Waals surface area contributed by atoms with Crippen LogP contribution in [0.2, 0.25) is 0 Å². The smallest absolute Gasteiger partial charge is 0.161 e. The van der Waals surface area contributed by atoms with E-state index in [1.165, 1.54) is 25.7 Å². The molecule has 0 spiro atoms. The van der Waals surface area contributed by atoms with Gasteiger partial charge in [-0.2, -0.15) is 0 Å². The Morgan fingerprint density at radius 2 is 1.81 bits per heavy atom. The summed E-state index contributed by atoms with van der Waals surface area (Å²) < 4.78 is 5.28. The summed E-state index contributed by atoms with van der Waals surface area (Å²) in [5, 5.41) is 20.2. The lowest BCUT2D eigenvalue weighted by Crippen LogP contribution is -2.52. The van der Waals surface area contributed by atoms with Crippen LogP contribution in [-0.4, -0.2) is 41.9 Å². The summed E-state index contributed by atoms with van der Waals surface area (Å²) in [6.07, 6.45) is 9.91. The second-order valence-corrected chi connectivity index (χ2v) is 10.1. The van der Waals surface area contributed by atoms with Crippen LogP contribution in [0.5, 0.6) is 0 Å². The highest BCUT2D eigenvalue weighted by Gasteiger charge is 2.58. The van der Waals surface area contributed by atoms with Crippen LogP contribution < -0.4 is 0 Å². The van der Waals surface area contributed by atoms with Crippen LogP contribution in [0.3, 0.4) is 0 Å². The fraction of sp³-hybridized carbons (Fsp3) is 0.955. The highest BCUT2D eigenvalue weighted by molar-refractivity contribution is 5.83. The quantitative estimate of drug-likeness (QED) is 0.804. The van der Waals surface area contributed by atoms with Gasteiger partial charge in [0.2, 0.25) is 0 Å². The molecule has 4 nitrogen and oxygen atoms in total. The van der Waals surface area contributed by atoms with E-state index in [1.54, 1.807) is 7.11 Å². The van der Waals surface area contributed by atoms with Crippen LogP contribution >= 0.6 is 0 Å². The fourth-order valence-corrected chi connectivity index (χ4v) is 8.00. The van der Waals surface area contributed by atoms with Gasteiger partial charge in [0.05, 0.1) is 12.2 Å². The summed E-state index contributed by atoms with van der Waals surface area (Å²) in [6, 6.07) is 0. The maximum Gasteiger partial charge on any atom is 0.161 e. The highest BCUT2D eigenvalue weighted by Crippen LogP contribution is 2.64. The number of hydrogen-bond donors (Lipinski definition) is 2. The molecule has 0 aromatic rings. The molecule has 0 amide bonds. The molecule has 4 rings (SSSR count). The summed E-state index contributed by atoms with van der Waals surface area (Å²) >= 11 is 0. The van der Waals surface area contributed by atoms with Crippen molar-refractivity contribution in [2.24, 2.45) is 40.9 Å². The van der Waals surface area contributed by atoms with Gasteiger partial charge in [-0.05, 0) is 92.8 Å². The van der Waals surface area contributed by atoms with Crippen molar-refractivity contribution in [1.29, 1.82) is 0 Å². The van der Waals surface area contributed by atoms with Gasteiger partial charge in [0.1, 0.15) is 6.61 Å². The number of aliphatic hydroxyl groups is 2. The minimum absolute atomic E-state index is 0.0735. The SMILES string of the molecule is COC[C@@]1(O)CC[C@H]2[C@H](CCC3[C@@H]2CC[C@]2(C)[C@@H](C(=O)CO)CC[C@@H]32)C1. The Balaban J connectivity index is 1.50. The molecule has 0 aliphatic heterocycles. The lowest BCUT2D eigenvalue weighted by Gasteiger charge is -2.57. The van der Waals surface area contributed by atoms with Crippen molar-refractivity contribution in [1.82, 2.24) is 0 Å². The molecule has 4 aliphatic rings. The van der Waals surface area contributed by atoms with Crippen molar-refractivity contribution in [3.63, 3.8) is 0 Å². The first-order valence-corrected chi connectivity index (χ1v) is 10.8. The van der Waals surface area contributed by atoms with E-state index in [0.717, 1.165) is 49.9 Å². The molecule has 1 unspecified atom stereocenters. The van der Waals surface area contributed by atoms with E-state index in [1.807, 2.05) is 0 Å². The first kappa shape index (κ1) is 18.9. The summed E-state index contributed by atoms with van der Waals surface area (Å²) in [4.78, 5) is 12.3. The monoisotopic (exact) mass is 364 g/mol. The van der Waals surface area contributed by atoms with Crippen molar-refractivity contribution < 1.29 is 19.7 Å². The molecule has 0 aromatic heterocycles. The van der Waals surface area contributed by atoms with Gasteiger partial charge >= 0.3 is 0 Å². The lowest BCUT2D eigenvalue weighted by atomic mass is 9.49. The maximum absolute atomic E-state index is 12.3. The van der Waals surface area contributed by atoms with Crippen LogP contribution in [0.1, 0.15) is 64.7 Å². The largest absolute Gasteiger partial charge is 0.389 e. The van der Waals surface area contributed by atoms with Gasteiger partial charge in [-0.1, -0.05) is 6.92 Å². The standard InChI is InChI=1S/C22H36O4/c1-21-9-7-16-15-8-10-22(25,13-26-2)11-14(15)3-4-17(16)18(21)5-6-19(21)20(24)12-23/h14-19,23,25H,3-13H2,1-2H3/t14-,15+,16-,17?,18+,19-,21+,22-/m1/s1. The van der Waals surface area contributed by atoms with E-state index in [-0.39, 0.29) is 23.7 Å². The maximum atomic E-state index is 12.3. The average Bonchev–Trinajstić information content (AvgIpc) is 2.98. The zero-order valence-electron chi connectivity index (χ0n) is 16.5. The Labute approximate surface area is 157 Å². The number of Topliss-reactive ketones (excluding diaryl/α,β-unsaturated/α-hetero) is 1. The number of carbonyl (C=O) groups is 1. The Kier molecular flexibility index (Phi) is 4.98. The summed E-state index contributed by atoms with van der Waals surface area (Å²) in [6.45, 7) is 2.52. The van der Waals surface area contributed by atoms with Gasteiger partial charge in [0, 0.05) is 13.0 Å². The molecular formula is C22H36O4. The number of methoxy groups -OCH3 is 1. The van der Waals surface area contributed by atoms with Gasteiger partial charge < -0.3 is 14.9 Å². The lowest BCUT2D eigenvalue weighted by molar-refractivity contribution is -0.138. The van der Waals surface area contributed by atoms with E-state index in [4.69, 9.17) is 4.74 Å². The fourth-order valence-electron chi connectivity index (χ4n) is 8.00. The van der Waals surface area contributed by atoms with Gasteiger partial charge in [-0.3, -0.25) is 4.79 Å². The second-order valence-electron chi connectivity index (χ2n) is 10.1. The van der Waals surface area contributed by atoms with Crippen molar-refractivity contribution in [3.8, 4) is 0 Å². The van der Waals surface area contributed by atoms with Crippen molar-refractivity contribution >= 4 is 5.78 Å². The number of hydrogen-bond acceptors (Lipinski definition) is 4. The van der Waals surface area contributed by atoms with E-state index in [2.05, 4.69) is 6.92 Å². The van der Waals surface area contributed by atoms with Crippen LogP contribution in [0.15, 0.2) is 0 Å². The van der Waals surface area contributed by atoms with Crippen LogP contribution in [0, 0.1) is 40.9 Å². The molecule has 0 saturated heterocycles. The first-order chi connectivity index (χ1) is 12.4. The Morgan fingerprint density at radius 1 is 1.04 bits per heavy atom. The molecule has 0 heterocycles. The van der Waals surface area contributed by atoms with Gasteiger partial charge in [-0.15, -0.1) is 0 Å². The molecule has 8 atom stereocenters. The zero-order valence-corrected chi connectivity index (χ0v) is 16.5. The molecule has 0 aromatic carbocycles. The molecule has 2 N–H and O–H groups in total. The third kappa shape index (κ3) is 2.87. The normalized spacial score (nSPS) is 50.6. The van der Waals surface area contributed by atoms with Gasteiger partial charge in [-0.25, -0.2) is 0 Å². The number of ether oxygens (including phenoxy) is 1. The van der Waals surface area contributed by atoms with E-state index < -0.39 is 5.60 Å². The minimum atomic E-state index is -0.613. The van der Waals surface area contributed by atoms with Gasteiger partial charge in [0.15, 0.2) is 5.78 Å². The predicted molar refractivity (Wildman–Crippen MR) is 99.5 cm³/mol. The number of carbonyl (C=O) groups excluding carboxylic acids is 1. The highest BCUT2D eigenvalue weighted by atomic mass is 16.5. The molecule has 0 bridgehead atoms. The second kappa shape index (κ2) is 6.86. The number of aliphatic hydroxyl groups excluding tert-OH is 1. The van der Waals surface area contributed by atoms with Crippen LogP contribution in [0.4, 0.5) is 0 Å². The molecule has 148 valence electrons. The number of ketones is 1. The van der Waals surface area contributed by atoms with Crippen molar-refractivity contribution in [2.75, 3.05) is 20.3 Å². The molecule has 4 aliphatic carbocycles. The molecular weight excluding hydrogens is 328 g/mol. The molecule has 4 heteroatoms. The van der Waals surface area contributed by atoms with E-state index in [0.29, 0.717) is 18.4 Å². The summed E-state index contributed by atoms with van der Waals surface area (Å²) in [5.74, 6) is 3.73. The number of fused-ring (bicyclic) bond motifs is 5. The Hall–Kier alpha value is -0.450. The summed E-state index contributed by atoms with van der Waals surface area (Å²) in [5.41, 5.74) is -0.503. The third-order valence-electron chi connectivity index (χ3n) is 9.06. The molecule has 4 fully saturated rings. The molecule has 26 heavy (non-hydrogen) atoms. The van der Waals surface area contributed by atoms with Crippen molar-refractivity contribution in [2.45, 2.75) is 70.3 Å². The van der Waals surface area contributed by atoms with Crippen LogP contribution in [-0.2, 0) is 9.53 Å². The average molecular weight is 365 g/mol. The first-order valence-electron chi connectivity index (χ1n) is 10.8. The number of rotatable bonds is 4. The van der Waals surface area contributed by atoms with Crippen LogP contribution in [0.25, 0.3) is 0 Å². The summed E-state index contributed by atoms with van der Waals surface area (Å²) in [7, 11) is 1.69. The molecule has 0 radical (unpaired) electrons. The van der Waals surface area contributed by atoms with E-state index >= 15 is 0 Å². The van der Waals surface area contributed by atoms with E-state index in [9.17, 15) is 15.0 Å². The third-order valence-corrected chi connectivity index (χ3v) is 9.06. The Bertz CT molecular complexity index is 548. The Morgan fingerprint density at radius 3 is 2.54 bits per heavy atom. The predicted octanol–water partition coefficient (Wildman–Crippen LogP) is 3.19. The van der Waals surface area contributed by atoms with Gasteiger partial charge in [0.25, 0.3) is 0 Å².